The van der Waals surface area contributed by atoms with Crippen molar-refractivity contribution < 1.29 is 22.6 Å². The molecule has 0 amide bonds. The zero-order valence-electron chi connectivity index (χ0n) is 17.8. The van der Waals surface area contributed by atoms with Crippen molar-refractivity contribution in [1.29, 1.82) is 0 Å². The maximum atomic E-state index is 13.6. The first-order chi connectivity index (χ1) is 14.4. The number of nitrogens with zero attached hydrogens (tertiary/aromatic N) is 3. The molecule has 1 aromatic carbocycles. The van der Waals surface area contributed by atoms with Crippen molar-refractivity contribution in [2.24, 2.45) is 0 Å². The summed E-state index contributed by atoms with van der Waals surface area (Å²) < 4.78 is 51.9. The van der Waals surface area contributed by atoms with Gasteiger partial charge in [0, 0.05) is 25.0 Å². The molecule has 1 aromatic heterocycles. The Kier molecular flexibility index (Phi) is 9.20. The average molecular weight is 425 g/mol. The largest absolute Gasteiger partial charge is 0.494 e. The van der Waals surface area contributed by atoms with Crippen molar-refractivity contribution in [2.75, 3.05) is 25.2 Å². The molecule has 8 heteroatoms. The van der Waals surface area contributed by atoms with Gasteiger partial charge in [0.15, 0.2) is 5.82 Å². The van der Waals surface area contributed by atoms with Crippen LogP contribution in [0.2, 0.25) is 0 Å². The topological polar surface area (TPSA) is 47.5 Å². The van der Waals surface area contributed by atoms with Crippen LogP contribution < -0.4 is 14.4 Å². The number of benzene rings is 1. The van der Waals surface area contributed by atoms with Crippen LogP contribution in [-0.2, 0) is 6.18 Å². The van der Waals surface area contributed by atoms with Gasteiger partial charge in [-0.1, -0.05) is 45.6 Å². The summed E-state index contributed by atoms with van der Waals surface area (Å²) in [6, 6.07) is 6.89. The van der Waals surface area contributed by atoms with Gasteiger partial charge in [-0.15, -0.1) is 0 Å². The molecule has 0 unspecified atom stereocenters. The summed E-state index contributed by atoms with van der Waals surface area (Å²) >= 11 is 0. The number of unbranched alkanes of at least 4 members (excludes halogenated alkanes) is 4. The van der Waals surface area contributed by atoms with Crippen molar-refractivity contribution in [3.63, 3.8) is 0 Å². The van der Waals surface area contributed by atoms with Gasteiger partial charge in [-0.05, 0) is 25.0 Å². The molecule has 0 N–H and O–H groups in total. The Bertz CT molecular complexity index is 784. The fraction of sp³-hybridized carbons (Fsp3) is 0.545. The van der Waals surface area contributed by atoms with Gasteiger partial charge in [0.2, 0.25) is 0 Å². The summed E-state index contributed by atoms with van der Waals surface area (Å²) in [5, 5.41) is 0. The first-order valence-corrected chi connectivity index (χ1v) is 10.4. The van der Waals surface area contributed by atoms with Crippen molar-refractivity contribution in [2.45, 2.75) is 58.5 Å². The molecule has 0 radical (unpaired) electrons. The number of anilines is 2. The molecule has 0 atom stereocenters. The van der Waals surface area contributed by atoms with Crippen LogP contribution in [0, 0.1) is 0 Å². The SMILES string of the molecule is CCCCCOc1cccc(N(C)c2nc(OCCCCC)ncc2C(F)(F)F)c1. The third kappa shape index (κ3) is 7.07. The number of aromatic nitrogens is 2. The van der Waals surface area contributed by atoms with Gasteiger partial charge < -0.3 is 14.4 Å². The van der Waals surface area contributed by atoms with Crippen LogP contribution in [0.1, 0.15) is 57.9 Å². The lowest BCUT2D eigenvalue weighted by atomic mass is 10.2. The fourth-order valence-electron chi connectivity index (χ4n) is 2.84. The van der Waals surface area contributed by atoms with Crippen molar-refractivity contribution in [1.82, 2.24) is 9.97 Å². The molecule has 0 aliphatic heterocycles. The lowest BCUT2D eigenvalue weighted by molar-refractivity contribution is -0.137. The normalized spacial score (nSPS) is 11.4. The molecule has 5 nitrogen and oxygen atoms in total. The number of alkyl halides is 3. The molecule has 0 fully saturated rings. The van der Waals surface area contributed by atoms with E-state index < -0.39 is 11.7 Å². The number of halogens is 3. The van der Waals surface area contributed by atoms with Gasteiger partial charge in [0.1, 0.15) is 11.3 Å². The molecular formula is C22H30F3N3O2. The molecule has 2 rings (SSSR count). The first-order valence-electron chi connectivity index (χ1n) is 10.4. The Morgan fingerprint density at radius 3 is 2.27 bits per heavy atom. The Labute approximate surface area is 176 Å². The van der Waals surface area contributed by atoms with Gasteiger partial charge >= 0.3 is 12.2 Å². The van der Waals surface area contributed by atoms with Crippen molar-refractivity contribution in [3.8, 4) is 11.8 Å². The van der Waals surface area contributed by atoms with Crippen LogP contribution in [0.15, 0.2) is 30.5 Å². The van der Waals surface area contributed by atoms with Gasteiger partial charge in [0.05, 0.1) is 13.2 Å². The summed E-state index contributed by atoms with van der Waals surface area (Å²) in [4.78, 5) is 9.19. The number of ether oxygens (including phenoxy) is 2. The average Bonchev–Trinajstić information content (AvgIpc) is 2.73. The standard InChI is InChI=1S/C22H30F3N3O2/c1-4-6-8-13-29-18-12-10-11-17(15-18)28(3)20-19(22(23,24)25)16-26-21(27-20)30-14-9-7-5-2/h10-12,15-16H,4-9,13-14H2,1-3H3. The molecule has 0 saturated carbocycles. The van der Waals surface area contributed by atoms with Crippen LogP contribution in [0.25, 0.3) is 0 Å². The second-order valence-corrected chi connectivity index (χ2v) is 7.06. The highest BCUT2D eigenvalue weighted by molar-refractivity contribution is 5.64. The number of hydrogen-bond acceptors (Lipinski definition) is 5. The summed E-state index contributed by atoms with van der Waals surface area (Å²) in [6.45, 7) is 5.10. The molecule has 30 heavy (non-hydrogen) atoms. The van der Waals surface area contributed by atoms with Gasteiger partial charge in [-0.25, -0.2) is 4.98 Å². The zero-order valence-corrected chi connectivity index (χ0v) is 17.8. The third-order valence-electron chi connectivity index (χ3n) is 4.57. The highest BCUT2D eigenvalue weighted by Crippen LogP contribution is 2.38. The highest BCUT2D eigenvalue weighted by Gasteiger charge is 2.36. The highest BCUT2D eigenvalue weighted by atomic mass is 19.4. The predicted octanol–water partition coefficient (Wildman–Crippen LogP) is 6.40. The fourth-order valence-corrected chi connectivity index (χ4v) is 2.84. The van der Waals surface area contributed by atoms with E-state index in [9.17, 15) is 13.2 Å². The van der Waals surface area contributed by atoms with E-state index in [1.807, 2.05) is 0 Å². The summed E-state index contributed by atoms with van der Waals surface area (Å²) in [6.07, 6.45) is 2.06. The smallest absolute Gasteiger partial charge is 0.421 e. The maximum absolute atomic E-state index is 13.6. The molecule has 0 aliphatic carbocycles. The lowest BCUT2D eigenvalue weighted by Crippen LogP contribution is -2.19. The molecule has 2 aromatic rings. The molecular weight excluding hydrogens is 395 g/mol. The van der Waals surface area contributed by atoms with E-state index in [-0.39, 0.29) is 11.8 Å². The van der Waals surface area contributed by atoms with Crippen LogP contribution >= 0.6 is 0 Å². The predicted molar refractivity (Wildman–Crippen MR) is 112 cm³/mol. The molecule has 0 saturated heterocycles. The van der Waals surface area contributed by atoms with Crippen molar-refractivity contribution in [3.05, 3.63) is 36.0 Å². The van der Waals surface area contributed by atoms with Gasteiger partial charge in [-0.3, -0.25) is 0 Å². The minimum absolute atomic E-state index is 0.0621. The van der Waals surface area contributed by atoms with Crippen LogP contribution in [0.4, 0.5) is 24.7 Å². The third-order valence-corrected chi connectivity index (χ3v) is 4.57. The van der Waals surface area contributed by atoms with Gasteiger partial charge in [-0.2, -0.15) is 18.2 Å². The minimum Gasteiger partial charge on any atom is -0.494 e. The molecule has 1 heterocycles. The first kappa shape index (κ1) is 23.8. The molecule has 0 spiro atoms. The quantitative estimate of drug-likeness (QED) is 0.368. The minimum atomic E-state index is -4.58. The summed E-state index contributed by atoms with van der Waals surface area (Å²) in [5.74, 6) is 0.347. The lowest BCUT2D eigenvalue weighted by Gasteiger charge is -2.23. The van der Waals surface area contributed by atoms with E-state index in [4.69, 9.17) is 9.47 Å². The second-order valence-electron chi connectivity index (χ2n) is 7.06. The molecule has 0 bridgehead atoms. The summed E-state index contributed by atoms with van der Waals surface area (Å²) in [5.41, 5.74) is -0.385. The molecule has 166 valence electrons. The van der Waals surface area contributed by atoms with E-state index in [1.54, 1.807) is 24.3 Å². The van der Waals surface area contributed by atoms with Crippen molar-refractivity contribution >= 4 is 11.5 Å². The van der Waals surface area contributed by atoms with Crippen LogP contribution in [0.5, 0.6) is 11.8 Å². The van der Waals surface area contributed by atoms with Gasteiger partial charge in [0.25, 0.3) is 0 Å². The summed E-state index contributed by atoms with van der Waals surface area (Å²) in [7, 11) is 1.54. The van der Waals surface area contributed by atoms with E-state index in [1.165, 1.54) is 11.9 Å². The number of rotatable bonds is 12. The zero-order chi connectivity index (χ0) is 22.0. The second kappa shape index (κ2) is 11.6. The van der Waals surface area contributed by atoms with E-state index in [2.05, 4.69) is 23.8 Å². The van der Waals surface area contributed by atoms with E-state index >= 15 is 0 Å². The molecule has 0 aliphatic rings. The van der Waals surface area contributed by atoms with Crippen LogP contribution in [0.3, 0.4) is 0 Å². The Morgan fingerprint density at radius 1 is 0.967 bits per heavy atom. The van der Waals surface area contributed by atoms with Crippen LogP contribution in [-0.4, -0.2) is 30.2 Å². The maximum Gasteiger partial charge on any atom is 0.421 e. The monoisotopic (exact) mass is 425 g/mol. The Balaban J connectivity index is 2.24. The number of hydrogen-bond donors (Lipinski definition) is 0. The Morgan fingerprint density at radius 2 is 1.63 bits per heavy atom. The Hall–Kier alpha value is -2.51. The van der Waals surface area contributed by atoms with E-state index in [0.29, 0.717) is 24.7 Å². The van der Waals surface area contributed by atoms with E-state index in [0.717, 1.165) is 44.7 Å².